The minimum atomic E-state index is -5.36. The molecule has 0 aromatic carbocycles. The predicted octanol–water partition coefficient (Wildman–Crippen LogP) is -4.50. The van der Waals surface area contributed by atoms with Crippen LogP contribution in [0.25, 0.3) is 0 Å². The minimum Gasteiger partial charge on any atom is -0.861 e. The van der Waals surface area contributed by atoms with E-state index in [-0.39, 0.29) is 37.3 Å². The predicted molar refractivity (Wildman–Crippen MR) is 7.97 cm³/mol. The summed E-state index contributed by atoms with van der Waals surface area (Å²) in [6.45, 7) is 0. The fraction of sp³-hybridized carbons (Fsp3) is 0. The van der Waals surface area contributed by atoms with Crippen LogP contribution in [0, 0.1) is 37.3 Å². The summed E-state index contributed by atoms with van der Waals surface area (Å²) in [7, 11) is -5.36. The Hall–Kier alpha value is 1.30. The maximum absolute atomic E-state index is 8.69. The first-order valence-electron chi connectivity index (χ1n) is 0.836. The Balaban J connectivity index is 0. The maximum atomic E-state index is 8.69. The van der Waals surface area contributed by atoms with Crippen LogP contribution >= 0.6 is 0 Å². The van der Waals surface area contributed by atoms with Gasteiger partial charge in [-0.2, -0.15) is 0 Å². The zero-order valence-electron chi connectivity index (χ0n) is 2.46. The number of hydrogen-bond acceptors (Lipinski definition) is 4. The van der Waals surface area contributed by atoms with Crippen LogP contribution in [-0.2, 0) is 0 Å². The molecule has 0 atom stereocenters. The molecule has 0 amide bonds. The van der Waals surface area contributed by atoms with E-state index in [4.69, 9.17) is 19.2 Å². The normalized spacial score (nSPS) is 10.0. The van der Waals surface area contributed by atoms with Gasteiger partial charge in [0, 0.05) is 0 Å². The fourth-order valence-corrected chi connectivity index (χ4v) is 0. The molecule has 1 N–H and O–H groups in total. The molecule has 1 radical (unpaired) electrons. The van der Waals surface area contributed by atoms with Crippen LogP contribution in [0.4, 0.5) is 0 Å². The first-order chi connectivity index (χ1) is 2.00. The van der Waals surface area contributed by atoms with E-state index in [9.17, 15) is 0 Å². The Kier molecular flexibility index (Phi) is 5.72. The second-order valence-electron chi connectivity index (χ2n) is 0.524. The molecule has 0 saturated carbocycles. The van der Waals surface area contributed by atoms with Crippen molar-refractivity contribution in [1.29, 1.82) is 0 Å². The molecule has 0 spiro atoms. The van der Waals surface area contributed by atoms with E-state index in [1.54, 1.807) is 0 Å². The first-order valence-corrected chi connectivity index (χ1v) is 2.51. The molecule has 4 nitrogen and oxygen atoms in total. The van der Waals surface area contributed by atoms with E-state index in [0.717, 1.165) is 0 Å². The van der Waals surface area contributed by atoms with E-state index in [2.05, 4.69) is 0 Å². The molecule has 6 heteroatoms. The molecule has 0 aromatic heterocycles. The fourth-order valence-electron chi connectivity index (χ4n) is 0. The molecule has 0 heterocycles. The molecule has 0 rings (SSSR count). The van der Waals surface area contributed by atoms with Crippen molar-refractivity contribution in [2.45, 2.75) is 0 Å². The van der Waals surface area contributed by atoms with Crippen molar-refractivity contribution in [3.05, 3.63) is 0 Å². The Bertz CT molecular complexity index is 23.0. The molecule has 0 fully saturated rings. The van der Waals surface area contributed by atoms with Gasteiger partial charge in [-0.3, -0.25) is 0 Å². The van der Waals surface area contributed by atoms with Gasteiger partial charge in [-0.15, -0.1) is 9.05 Å². The van der Waals surface area contributed by atoms with E-state index in [1.165, 1.54) is 0 Å². The van der Waals surface area contributed by atoms with Crippen LogP contribution in [-0.4, -0.2) is 13.8 Å². The third-order valence-corrected chi connectivity index (χ3v) is 0. The first kappa shape index (κ1) is 10.3. The largest absolute Gasteiger partial charge is 3.00 e. The van der Waals surface area contributed by atoms with Crippen molar-refractivity contribution in [3.8, 4) is 0 Å². The van der Waals surface area contributed by atoms with Gasteiger partial charge >= 0.3 is 37.3 Å². The average molecular weight is 260 g/mol. The van der Waals surface area contributed by atoms with Gasteiger partial charge < -0.3 is 19.2 Å². The van der Waals surface area contributed by atoms with Crippen molar-refractivity contribution in [1.82, 2.24) is 0 Å². The molecule has 41 valence electrons. The molecular weight excluding hydrogens is 259 g/mol. The van der Waals surface area contributed by atoms with Crippen LogP contribution in [0.15, 0.2) is 0 Å². The van der Waals surface area contributed by atoms with Crippen LogP contribution in [0.2, 0.25) is 0 Å². The third-order valence-electron chi connectivity index (χ3n) is 0. The Morgan fingerprint density at radius 1 is 1.17 bits per heavy atom. The number of rotatable bonds is 0. The molecular formula is HErO4Si. The van der Waals surface area contributed by atoms with Crippen molar-refractivity contribution in [2.75, 3.05) is 0 Å². The Morgan fingerprint density at radius 3 is 1.17 bits per heavy atom. The van der Waals surface area contributed by atoms with Crippen molar-refractivity contribution in [2.24, 2.45) is 0 Å². The second kappa shape index (κ2) is 3.32. The summed E-state index contributed by atoms with van der Waals surface area (Å²) >= 11 is 0. The molecule has 0 aliphatic heterocycles. The van der Waals surface area contributed by atoms with Crippen molar-refractivity contribution >= 4 is 9.05 Å². The summed E-state index contributed by atoms with van der Waals surface area (Å²) < 4.78 is 0. The second-order valence-corrected chi connectivity index (χ2v) is 1.57. The van der Waals surface area contributed by atoms with E-state index in [1.807, 2.05) is 0 Å². The quantitative estimate of drug-likeness (QED) is 0.445. The summed E-state index contributed by atoms with van der Waals surface area (Å²) in [5.74, 6) is 0. The van der Waals surface area contributed by atoms with Crippen molar-refractivity contribution < 1.29 is 56.5 Å². The monoisotopic (exact) mass is 259 g/mol. The van der Waals surface area contributed by atoms with E-state index < -0.39 is 9.05 Å². The minimum absolute atomic E-state index is 0. The third kappa shape index (κ3) is 57.8. The SMILES string of the molecule is [Er+3].[O-][Si]([O-])([O-])O. The van der Waals surface area contributed by atoms with Crippen LogP contribution in [0.5, 0.6) is 0 Å². The molecule has 0 aliphatic rings. The summed E-state index contributed by atoms with van der Waals surface area (Å²) in [6.07, 6.45) is 0. The van der Waals surface area contributed by atoms with Crippen molar-refractivity contribution in [3.63, 3.8) is 0 Å². The van der Waals surface area contributed by atoms with Gasteiger partial charge in [0.1, 0.15) is 0 Å². The van der Waals surface area contributed by atoms with Gasteiger partial charge in [0.15, 0.2) is 0 Å². The Morgan fingerprint density at radius 2 is 1.17 bits per heavy atom. The molecule has 0 saturated heterocycles. The molecule has 6 heavy (non-hydrogen) atoms. The van der Waals surface area contributed by atoms with Crippen LogP contribution < -0.4 is 14.4 Å². The van der Waals surface area contributed by atoms with E-state index in [0.29, 0.717) is 0 Å². The molecule has 0 bridgehead atoms. The summed E-state index contributed by atoms with van der Waals surface area (Å²) in [6, 6.07) is 0. The summed E-state index contributed by atoms with van der Waals surface area (Å²) in [5, 5.41) is 0. The number of hydrogen-bond donors (Lipinski definition) is 1. The maximum Gasteiger partial charge on any atom is 3.00 e. The smallest absolute Gasteiger partial charge is 0.861 e. The summed E-state index contributed by atoms with van der Waals surface area (Å²) in [5.41, 5.74) is 0. The zero-order valence-corrected chi connectivity index (χ0v) is 5.31. The molecule has 0 aromatic rings. The Labute approximate surface area is 65.1 Å². The van der Waals surface area contributed by atoms with Gasteiger partial charge in [-0.05, 0) is 0 Å². The zero-order chi connectivity index (χ0) is 4.50. The van der Waals surface area contributed by atoms with Gasteiger partial charge in [0.05, 0.1) is 0 Å². The van der Waals surface area contributed by atoms with Gasteiger partial charge in [0.2, 0.25) is 0 Å². The topological polar surface area (TPSA) is 89.4 Å². The summed E-state index contributed by atoms with van der Waals surface area (Å²) in [4.78, 5) is 33.1. The van der Waals surface area contributed by atoms with Crippen LogP contribution in [0.3, 0.4) is 0 Å². The van der Waals surface area contributed by atoms with Gasteiger partial charge in [-0.1, -0.05) is 0 Å². The van der Waals surface area contributed by atoms with Crippen LogP contribution in [0.1, 0.15) is 0 Å². The van der Waals surface area contributed by atoms with Gasteiger partial charge in [0.25, 0.3) is 0 Å². The van der Waals surface area contributed by atoms with Gasteiger partial charge in [-0.25, -0.2) is 0 Å². The molecule has 0 aliphatic carbocycles. The molecule has 0 unspecified atom stereocenters. The average Bonchev–Trinajstić information content (AvgIpc) is 0.722. The standard InChI is InChI=1S/Er.HO4Si/c;1-5(2,3)4/h;1H/q+3;-3. The van der Waals surface area contributed by atoms with E-state index >= 15 is 0 Å².